The second-order valence-corrected chi connectivity index (χ2v) is 10.5. The van der Waals surface area contributed by atoms with Crippen molar-refractivity contribution in [3.63, 3.8) is 0 Å². The van der Waals surface area contributed by atoms with Gasteiger partial charge in [0.15, 0.2) is 0 Å². The van der Waals surface area contributed by atoms with E-state index in [1.54, 1.807) is 48.5 Å². The van der Waals surface area contributed by atoms with Gasteiger partial charge in [-0.15, -0.1) is 11.8 Å². The van der Waals surface area contributed by atoms with Gasteiger partial charge in [0.1, 0.15) is 12.3 Å². The highest BCUT2D eigenvalue weighted by atomic mass is 32.2. The van der Waals surface area contributed by atoms with Crippen LogP contribution < -0.4 is 14.4 Å². The number of thioether (sulfide) groups is 1. The standard InChI is InChI=1S/C26H30N2O4S2/c1-5-32-25-9-7-6-8-24(25)28(34(30,31)23-16-14-22(33-4)15-17-23)18-26(29)27-20(3)21-12-10-19(2)11-13-21/h6-17,20H,5,18H2,1-4H3,(H,27,29). The van der Waals surface area contributed by atoms with Crippen LogP contribution in [-0.4, -0.2) is 33.7 Å². The van der Waals surface area contributed by atoms with E-state index in [1.807, 2.05) is 51.3 Å². The number of nitrogens with zero attached hydrogens (tertiary/aromatic N) is 1. The number of sulfonamides is 1. The van der Waals surface area contributed by atoms with Crippen LogP contribution in [0.3, 0.4) is 0 Å². The SMILES string of the molecule is CCOc1ccccc1N(CC(=O)NC(C)c1ccc(C)cc1)S(=O)(=O)c1ccc(SC)cc1. The van der Waals surface area contributed by atoms with E-state index in [0.717, 1.165) is 20.3 Å². The van der Waals surface area contributed by atoms with Gasteiger partial charge in [-0.2, -0.15) is 0 Å². The Labute approximate surface area is 206 Å². The Morgan fingerprint density at radius 3 is 2.29 bits per heavy atom. The van der Waals surface area contributed by atoms with Crippen molar-refractivity contribution in [3.8, 4) is 5.75 Å². The zero-order valence-electron chi connectivity index (χ0n) is 19.8. The van der Waals surface area contributed by atoms with Crippen LogP contribution in [0.5, 0.6) is 5.75 Å². The summed E-state index contributed by atoms with van der Waals surface area (Å²) in [5, 5.41) is 2.92. The van der Waals surface area contributed by atoms with Gasteiger partial charge in [0.25, 0.3) is 10.0 Å². The number of nitrogens with one attached hydrogen (secondary N) is 1. The molecule has 3 aromatic carbocycles. The fourth-order valence-corrected chi connectivity index (χ4v) is 5.31. The number of hydrogen-bond acceptors (Lipinski definition) is 5. The minimum Gasteiger partial charge on any atom is -0.492 e. The van der Waals surface area contributed by atoms with Crippen LogP contribution in [0.4, 0.5) is 5.69 Å². The van der Waals surface area contributed by atoms with Gasteiger partial charge in [-0.05, 0) is 69.0 Å². The summed E-state index contributed by atoms with van der Waals surface area (Å²) in [6.45, 7) is 5.68. The lowest BCUT2D eigenvalue weighted by Crippen LogP contribution is -2.41. The molecule has 0 aliphatic rings. The highest BCUT2D eigenvalue weighted by Gasteiger charge is 2.30. The van der Waals surface area contributed by atoms with Crippen molar-refractivity contribution in [2.75, 3.05) is 23.7 Å². The molecule has 0 radical (unpaired) electrons. The molecule has 34 heavy (non-hydrogen) atoms. The number of aryl methyl sites for hydroxylation is 1. The zero-order valence-corrected chi connectivity index (χ0v) is 21.4. The topological polar surface area (TPSA) is 75.7 Å². The minimum absolute atomic E-state index is 0.107. The van der Waals surface area contributed by atoms with Crippen molar-refractivity contribution < 1.29 is 17.9 Å². The van der Waals surface area contributed by atoms with Gasteiger partial charge in [-0.25, -0.2) is 8.42 Å². The fourth-order valence-electron chi connectivity index (χ4n) is 3.47. The molecule has 0 heterocycles. The third kappa shape index (κ3) is 6.12. The molecule has 0 saturated carbocycles. The Hall–Kier alpha value is -2.97. The Morgan fingerprint density at radius 2 is 1.68 bits per heavy atom. The Kier molecular flexibility index (Phi) is 8.63. The van der Waals surface area contributed by atoms with E-state index < -0.39 is 15.9 Å². The maximum atomic E-state index is 13.7. The van der Waals surface area contributed by atoms with E-state index >= 15 is 0 Å². The molecule has 6 nitrogen and oxygen atoms in total. The molecule has 1 atom stereocenters. The van der Waals surface area contributed by atoms with Crippen molar-refractivity contribution in [1.29, 1.82) is 0 Å². The summed E-state index contributed by atoms with van der Waals surface area (Å²) in [6.07, 6.45) is 1.92. The lowest BCUT2D eigenvalue weighted by Gasteiger charge is -2.26. The molecule has 1 unspecified atom stereocenters. The van der Waals surface area contributed by atoms with Gasteiger partial charge in [0.2, 0.25) is 5.91 Å². The average Bonchev–Trinajstić information content (AvgIpc) is 2.83. The Morgan fingerprint density at radius 1 is 1.03 bits per heavy atom. The van der Waals surface area contributed by atoms with Crippen LogP contribution in [0.1, 0.15) is 31.0 Å². The highest BCUT2D eigenvalue weighted by molar-refractivity contribution is 7.98. The van der Waals surface area contributed by atoms with Crippen molar-refractivity contribution >= 4 is 33.4 Å². The van der Waals surface area contributed by atoms with Gasteiger partial charge in [0.05, 0.1) is 23.2 Å². The first-order valence-corrected chi connectivity index (χ1v) is 13.7. The summed E-state index contributed by atoms with van der Waals surface area (Å²) in [7, 11) is -4.04. The van der Waals surface area contributed by atoms with Crippen molar-refractivity contribution in [1.82, 2.24) is 5.32 Å². The van der Waals surface area contributed by atoms with Crippen molar-refractivity contribution in [3.05, 3.63) is 83.9 Å². The molecule has 0 aliphatic heterocycles. The minimum atomic E-state index is -4.04. The molecule has 0 aromatic heterocycles. The molecule has 3 aromatic rings. The molecule has 0 spiro atoms. The van der Waals surface area contributed by atoms with E-state index in [-0.39, 0.29) is 17.5 Å². The largest absolute Gasteiger partial charge is 0.492 e. The van der Waals surface area contributed by atoms with E-state index in [0.29, 0.717) is 18.0 Å². The number of rotatable bonds is 10. The molecule has 0 aliphatic carbocycles. The van der Waals surface area contributed by atoms with Crippen LogP contribution >= 0.6 is 11.8 Å². The Balaban J connectivity index is 1.94. The van der Waals surface area contributed by atoms with E-state index in [9.17, 15) is 13.2 Å². The predicted molar refractivity (Wildman–Crippen MR) is 138 cm³/mol. The second kappa shape index (κ2) is 11.4. The number of carbonyl (C=O) groups is 1. The molecule has 0 saturated heterocycles. The number of para-hydroxylation sites is 2. The summed E-state index contributed by atoms with van der Waals surface area (Å²) in [5.41, 5.74) is 2.38. The molecule has 3 rings (SSSR count). The number of benzene rings is 3. The molecular weight excluding hydrogens is 468 g/mol. The van der Waals surface area contributed by atoms with E-state index in [4.69, 9.17) is 4.74 Å². The van der Waals surface area contributed by atoms with E-state index in [2.05, 4.69) is 5.32 Å². The third-order valence-corrected chi connectivity index (χ3v) is 7.84. The van der Waals surface area contributed by atoms with E-state index in [1.165, 1.54) is 11.8 Å². The first-order valence-electron chi connectivity index (χ1n) is 11.0. The molecular formula is C26H30N2O4S2. The van der Waals surface area contributed by atoms with Gasteiger partial charge in [-0.1, -0.05) is 42.0 Å². The first kappa shape index (κ1) is 25.6. The summed E-state index contributed by atoms with van der Waals surface area (Å²) in [4.78, 5) is 14.1. The second-order valence-electron chi connectivity index (χ2n) is 7.79. The molecule has 1 N–H and O–H groups in total. The molecule has 0 bridgehead atoms. The number of amides is 1. The van der Waals surface area contributed by atoms with Gasteiger partial charge < -0.3 is 10.1 Å². The normalized spacial score (nSPS) is 12.1. The summed E-state index contributed by atoms with van der Waals surface area (Å²) in [5.74, 6) is -0.0163. The van der Waals surface area contributed by atoms with Gasteiger partial charge >= 0.3 is 0 Å². The fraction of sp³-hybridized carbons (Fsp3) is 0.269. The van der Waals surface area contributed by atoms with Crippen LogP contribution in [-0.2, 0) is 14.8 Å². The third-order valence-electron chi connectivity index (χ3n) is 5.32. The van der Waals surface area contributed by atoms with Crippen molar-refractivity contribution in [2.45, 2.75) is 36.6 Å². The molecule has 0 fully saturated rings. The predicted octanol–water partition coefficient (Wildman–Crippen LogP) is 5.19. The molecule has 8 heteroatoms. The number of carbonyl (C=O) groups excluding carboxylic acids is 1. The summed E-state index contributed by atoms with van der Waals surface area (Å²) >= 11 is 1.53. The first-order chi connectivity index (χ1) is 16.3. The zero-order chi connectivity index (χ0) is 24.7. The van der Waals surface area contributed by atoms with Crippen LogP contribution in [0.2, 0.25) is 0 Å². The highest BCUT2D eigenvalue weighted by Crippen LogP contribution is 2.33. The van der Waals surface area contributed by atoms with Gasteiger partial charge in [-0.3, -0.25) is 9.10 Å². The lowest BCUT2D eigenvalue weighted by molar-refractivity contribution is -0.120. The average molecular weight is 499 g/mol. The number of ether oxygens (including phenoxy) is 1. The molecule has 1 amide bonds. The van der Waals surface area contributed by atoms with Crippen molar-refractivity contribution in [2.24, 2.45) is 0 Å². The van der Waals surface area contributed by atoms with Crippen LogP contribution in [0.15, 0.2) is 82.6 Å². The molecule has 180 valence electrons. The summed E-state index contributed by atoms with van der Waals surface area (Å²) in [6, 6.07) is 21.1. The maximum absolute atomic E-state index is 13.7. The quantitative estimate of drug-likeness (QED) is 0.390. The van der Waals surface area contributed by atoms with Gasteiger partial charge in [0, 0.05) is 4.90 Å². The Bertz CT molecular complexity index is 1210. The smallest absolute Gasteiger partial charge is 0.264 e. The lowest BCUT2D eigenvalue weighted by atomic mass is 10.1. The number of hydrogen-bond donors (Lipinski definition) is 1. The van der Waals surface area contributed by atoms with Crippen LogP contribution in [0.25, 0.3) is 0 Å². The van der Waals surface area contributed by atoms with Crippen LogP contribution in [0, 0.1) is 6.92 Å². The maximum Gasteiger partial charge on any atom is 0.264 e. The monoisotopic (exact) mass is 498 g/mol. The summed E-state index contributed by atoms with van der Waals surface area (Å²) < 4.78 is 34.2. The number of anilines is 1.